The number of rotatable bonds is 5. The van der Waals surface area contributed by atoms with E-state index in [0.717, 1.165) is 30.5 Å². The van der Waals surface area contributed by atoms with Crippen LogP contribution >= 0.6 is 0 Å². The molecule has 1 heterocycles. The molecule has 1 aromatic carbocycles. The van der Waals surface area contributed by atoms with Crippen molar-refractivity contribution in [2.45, 2.75) is 66.8 Å². The number of ketones is 1. The monoisotopic (exact) mass is 355 g/mol. The quantitative estimate of drug-likeness (QED) is 0.695. The van der Waals surface area contributed by atoms with E-state index in [9.17, 15) is 9.59 Å². The lowest BCUT2D eigenvalue weighted by molar-refractivity contribution is -0.141. The second-order valence-electron chi connectivity index (χ2n) is 8.81. The number of amides is 1. The minimum absolute atomic E-state index is 0.0307. The van der Waals surface area contributed by atoms with E-state index in [0.29, 0.717) is 0 Å². The summed E-state index contributed by atoms with van der Waals surface area (Å²) in [4.78, 5) is 27.8. The van der Waals surface area contributed by atoms with Crippen LogP contribution < -0.4 is 0 Å². The summed E-state index contributed by atoms with van der Waals surface area (Å²) in [5.41, 5.74) is 2.96. The Morgan fingerprint density at radius 2 is 1.85 bits per heavy atom. The molecular formula is C23H33NO2. The van der Waals surface area contributed by atoms with Gasteiger partial charge in [-0.25, -0.2) is 0 Å². The molecular weight excluding hydrogens is 322 g/mol. The largest absolute Gasteiger partial charge is 0.340 e. The van der Waals surface area contributed by atoms with Gasteiger partial charge in [-0.05, 0) is 56.2 Å². The first kappa shape index (κ1) is 20.4. The predicted octanol–water partition coefficient (Wildman–Crippen LogP) is 5.03. The van der Waals surface area contributed by atoms with Gasteiger partial charge in [-0.15, -0.1) is 0 Å². The van der Waals surface area contributed by atoms with E-state index in [-0.39, 0.29) is 35.5 Å². The Balaban J connectivity index is 2.15. The maximum atomic E-state index is 13.1. The van der Waals surface area contributed by atoms with Crippen molar-refractivity contribution in [3.05, 3.63) is 41.5 Å². The molecule has 1 fully saturated rings. The van der Waals surface area contributed by atoms with E-state index >= 15 is 0 Å². The molecule has 0 spiro atoms. The number of nitrogens with zero attached hydrogens (tertiary/aromatic N) is 1. The number of allylic oxidation sites excluding steroid dienone is 2. The Morgan fingerprint density at radius 1 is 1.23 bits per heavy atom. The normalized spacial score (nSPS) is 19.5. The maximum Gasteiger partial charge on any atom is 0.226 e. The molecule has 0 bridgehead atoms. The van der Waals surface area contributed by atoms with Gasteiger partial charge in [-0.1, -0.05) is 50.6 Å². The minimum Gasteiger partial charge on any atom is -0.340 e. The Bertz CT molecular complexity index is 679. The van der Waals surface area contributed by atoms with Crippen LogP contribution in [0.2, 0.25) is 0 Å². The second-order valence-corrected chi connectivity index (χ2v) is 8.81. The molecule has 0 aromatic heterocycles. The number of aryl methyl sites for hydroxylation is 1. The molecule has 0 unspecified atom stereocenters. The first-order valence-electron chi connectivity index (χ1n) is 9.68. The molecule has 1 aromatic rings. The Morgan fingerprint density at radius 3 is 2.35 bits per heavy atom. The molecule has 3 nitrogen and oxygen atoms in total. The number of carbonyl (C=O) groups excluding carboxylic acids is 2. The molecule has 0 aliphatic carbocycles. The predicted molar refractivity (Wildman–Crippen MR) is 108 cm³/mol. The molecule has 2 atom stereocenters. The van der Waals surface area contributed by atoms with E-state index < -0.39 is 0 Å². The average molecular weight is 356 g/mol. The SMILES string of the molecule is C/C(=C\C(=O)C[C@H](C(=O)N1CCC[C@H]1C)C(C)(C)C)c1ccc(C)cc1. The Labute approximate surface area is 158 Å². The molecule has 2 rings (SSSR count). The van der Waals surface area contributed by atoms with Crippen molar-refractivity contribution in [3.63, 3.8) is 0 Å². The summed E-state index contributed by atoms with van der Waals surface area (Å²) in [5.74, 6) is -0.113. The van der Waals surface area contributed by atoms with Crippen molar-refractivity contribution in [2.24, 2.45) is 11.3 Å². The van der Waals surface area contributed by atoms with Gasteiger partial charge in [0.05, 0.1) is 5.92 Å². The Kier molecular flexibility index (Phi) is 6.44. The van der Waals surface area contributed by atoms with Crippen LogP contribution in [0.3, 0.4) is 0 Å². The van der Waals surface area contributed by atoms with Crippen molar-refractivity contribution in [3.8, 4) is 0 Å². The van der Waals surface area contributed by atoms with Crippen molar-refractivity contribution >= 4 is 17.3 Å². The van der Waals surface area contributed by atoms with Gasteiger partial charge >= 0.3 is 0 Å². The van der Waals surface area contributed by atoms with E-state index in [4.69, 9.17) is 0 Å². The van der Waals surface area contributed by atoms with E-state index in [1.54, 1.807) is 6.08 Å². The molecule has 142 valence electrons. The lowest BCUT2D eigenvalue weighted by atomic mass is 9.76. The molecule has 26 heavy (non-hydrogen) atoms. The highest BCUT2D eigenvalue weighted by molar-refractivity contribution is 5.99. The zero-order valence-electron chi connectivity index (χ0n) is 17.1. The van der Waals surface area contributed by atoms with Crippen LogP contribution in [-0.4, -0.2) is 29.2 Å². The number of carbonyl (C=O) groups is 2. The van der Waals surface area contributed by atoms with Crippen LogP contribution in [0.4, 0.5) is 0 Å². The summed E-state index contributed by atoms with van der Waals surface area (Å²) < 4.78 is 0. The Hall–Kier alpha value is -1.90. The molecule has 0 saturated carbocycles. The third-order valence-corrected chi connectivity index (χ3v) is 5.47. The lowest BCUT2D eigenvalue weighted by Crippen LogP contribution is -2.43. The van der Waals surface area contributed by atoms with Crippen LogP contribution in [0.15, 0.2) is 30.3 Å². The van der Waals surface area contributed by atoms with Crippen LogP contribution in [0.25, 0.3) is 5.57 Å². The molecule has 1 aliphatic heterocycles. The summed E-state index contributed by atoms with van der Waals surface area (Å²) >= 11 is 0. The highest BCUT2D eigenvalue weighted by atomic mass is 16.2. The van der Waals surface area contributed by atoms with Crippen molar-refractivity contribution < 1.29 is 9.59 Å². The fourth-order valence-corrected chi connectivity index (χ4v) is 3.63. The number of likely N-dealkylation sites (tertiary alicyclic amines) is 1. The van der Waals surface area contributed by atoms with Gasteiger partial charge in [-0.3, -0.25) is 9.59 Å². The fourth-order valence-electron chi connectivity index (χ4n) is 3.63. The summed E-state index contributed by atoms with van der Waals surface area (Å²) in [6.45, 7) is 13.1. The second kappa shape index (κ2) is 8.20. The summed E-state index contributed by atoms with van der Waals surface area (Å²) in [7, 11) is 0. The molecule has 0 N–H and O–H groups in total. The zero-order valence-corrected chi connectivity index (χ0v) is 17.1. The van der Waals surface area contributed by atoms with Gasteiger partial charge < -0.3 is 4.90 Å². The van der Waals surface area contributed by atoms with Crippen molar-refractivity contribution in [1.29, 1.82) is 0 Å². The van der Waals surface area contributed by atoms with Gasteiger partial charge in [0, 0.05) is 19.0 Å². The standard InChI is InChI=1S/C23H33NO2/c1-16-9-11-19(12-10-16)17(2)14-20(25)15-21(23(4,5)6)22(26)24-13-7-8-18(24)3/h9-12,14,18,21H,7-8,13,15H2,1-6H3/b17-14+/t18-,21-/m1/s1. The van der Waals surface area contributed by atoms with Gasteiger partial charge in [-0.2, -0.15) is 0 Å². The summed E-state index contributed by atoms with van der Waals surface area (Å²) in [6.07, 6.45) is 4.09. The first-order chi connectivity index (χ1) is 12.1. The van der Waals surface area contributed by atoms with Crippen LogP contribution in [0.1, 0.15) is 65.0 Å². The third-order valence-electron chi connectivity index (χ3n) is 5.47. The highest BCUT2D eigenvalue weighted by Gasteiger charge is 2.38. The molecule has 1 aliphatic rings. The zero-order chi connectivity index (χ0) is 19.5. The van der Waals surface area contributed by atoms with E-state index in [1.165, 1.54) is 5.56 Å². The van der Waals surface area contributed by atoms with Crippen molar-refractivity contribution in [2.75, 3.05) is 6.54 Å². The van der Waals surface area contributed by atoms with Gasteiger partial charge in [0.15, 0.2) is 5.78 Å². The molecule has 3 heteroatoms. The van der Waals surface area contributed by atoms with Gasteiger partial charge in [0.1, 0.15) is 0 Å². The van der Waals surface area contributed by atoms with Crippen LogP contribution in [0.5, 0.6) is 0 Å². The number of hydrogen-bond donors (Lipinski definition) is 0. The van der Waals surface area contributed by atoms with E-state index in [1.807, 2.05) is 43.0 Å². The maximum absolute atomic E-state index is 13.1. The number of hydrogen-bond acceptors (Lipinski definition) is 2. The molecule has 0 radical (unpaired) electrons. The van der Waals surface area contributed by atoms with Crippen molar-refractivity contribution in [1.82, 2.24) is 4.90 Å². The number of benzene rings is 1. The fraction of sp³-hybridized carbons (Fsp3) is 0.565. The molecule has 1 amide bonds. The summed E-state index contributed by atoms with van der Waals surface area (Å²) in [5, 5.41) is 0. The third kappa shape index (κ3) is 5.06. The minimum atomic E-state index is -0.280. The topological polar surface area (TPSA) is 37.4 Å². The van der Waals surface area contributed by atoms with E-state index in [2.05, 4.69) is 27.7 Å². The lowest BCUT2D eigenvalue weighted by Gasteiger charge is -2.34. The average Bonchev–Trinajstić information content (AvgIpc) is 2.97. The van der Waals surface area contributed by atoms with Gasteiger partial charge in [0.25, 0.3) is 0 Å². The van der Waals surface area contributed by atoms with Gasteiger partial charge in [0.2, 0.25) is 5.91 Å². The summed E-state index contributed by atoms with van der Waals surface area (Å²) in [6, 6.07) is 8.45. The smallest absolute Gasteiger partial charge is 0.226 e. The highest BCUT2D eigenvalue weighted by Crippen LogP contribution is 2.33. The molecule has 1 saturated heterocycles. The van der Waals surface area contributed by atoms with Crippen LogP contribution in [-0.2, 0) is 9.59 Å². The van der Waals surface area contributed by atoms with Crippen LogP contribution in [0, 0.1) is 18.3 Å². The first-order valence-corrected chi connectivity index (χ1v) is 9.68.